The number of anilines is 1. The second kappa shape index (κ2) is 6.06. The number of aromatic nitrogens is 1. The normalized spacial score (nSPS) is 11.7. The van der Waals surface area contributed by atoms with Gasteiger partial charge in [-0.05, 0) is 29.1 Å². The molecule has 4 aromatic rings. The summed E-state index contributed by atoms with van der Waals surface area (Å²) in [4.78, 5) is 0. The summed E-state index contributed by atoms with van der Waals surface area (Å²) in [6.45, 7) is 0. The first-order valence-corrected chi connectivity index (χ1v) is 10.0. The van der Waals surface area contributed by atoms with Gasteiger partial charge in [-0.1, -0.05) is 48.5 Å². The Kier molecular flexibility index (Phi) is 3.86. The van der Waals surface area contributed by atoms with E-state index in [0.717, 1.165) is 21.3 Å². The Bertz CT molecular complexity index is 1110. The molecule has 4 rings (SSSR count). The van der Waals surface area contributed by atoms with Crippen molar-refractivity contribution in [2.24, 2.45) is 0 Å². The summed E-state index contributed by atoms with van der Waals surface area (Å²) in [5.74, 6) is 0. The maximum absolute atomic E-state index is 13.3. The van der Waals surface area contributed by atoms with E-state index in [1.54, 1.807) is 19.3 Å². The number of thiophene rings is 1. The number of nitrogens with one attached hydrogen (secondary N) is 1. The molecule has 0 spiro atoms. The molecule has 4 nitrogen and oxygen atoms in total. The Labute approximate surface area is 150 Å². The number of rotatable bonds is 4. The molecule has 0 unspecified atom stereocenters. The summed E-state index contributed by atoms with van der Waals surface area (Å²) in [6.07, 6.45) is 1.63. The van der Waals surface area contributed by atoms with Gasteiger partial charge in [-0.2, -0.15) is 8.42 Å². The van der Waals surface area contributed by atoms with Crippen LogP contribution in [0.1, 0.15) is 0 Å². The number of nitrogens with zero attached hydrogens (tertiary/aromatic N) is 1. The van der Waals surface area contributed by atoms with E-state index in [0.29, 0.717) is 9.90 Å². The number of hydrogen-bond acceptors (Lipinski definition) is 4. The van der Waals surface area contributed by atoms with Gasteiger partial charge in [0.05, 0.1) is 11.4 Å². The molecule has 0 aliphatic heterocycles. The summed E-state index contributed by atoms with van der Waals surface area (Å²) in [6, 6.07) is 20.8. The summed E-state index contributed by atoms with van der Waals surface area (Å²) in [5.41, 5.74) is 2.25. The molecule has 0 radical (unpaired) electrons. The van der Waals surface area contributed by atoms with Crippen molar-refractivity contribution in [2.75, 3.05) is 12.4 Å². The molecular weight excluding hydrogens is 352 g/mol. The Balaban J connectivity index is 1.92. The molecule has 0 bridgehead atoms. The molecule has 1 N–H and O–H groups in total. The van der Waals surface area contributed by atoms with Crippen molar-refractivity contribution < 1.29 is 8.42 Å². The summed E-state index contributed by atoms with van der Waals surface area (Å²) in [7, 11) is -1.90. The summed E-state index contributed by atoms with van der Waals surface area (Å²) < 4.78 is 29.2. The topological polar surface area (TPSA) is 51.1 Å². The summed E-state index contributed by atoms with van der Waals surface area (Å²) in [5, 5.41) is 3.96. The van der Waals surface area contributed by atoms with Gasteiger partial charge in [-0.15, -0.1) is 11.3 Å². The number of fused-ring (bicyclic) bond motifs is 1. The van der Waals surface area contributed by atoms with Gasteiger partial charge in [-0.25, -0.2) is 3.97 Å². The molecule has 0 atom stereocenters. The van der Waals surface area contributed by atoms with Crippen LogP contribution in [0, 0.1) is 0 Å². The minimum absolute atomic E-state index is 0.337. The highest BCUT2D eigenvalue weighted by atomic mass is 32.2. The van der Waals surface area contributed by atoms with Crippen LogP contribution in [0.2, 0.25) is 0 Å². The molecule has 2 aromatic carbocycles. The first kappa shape index (κ1) is 15.9. The van der Waals surface area contributed by atoms with Gasteiger partial charge in [0, 0.05) is 17.9 Å². The molecule has 0 aliphatic rings. The van der Waals surface area contributed by atoms with Crippen LogP contribution in [-0.2, 0) is 10.0 Å². The Morgan fingerprint density at radius 2 is 1.68 bits per heavy atom. The zero-order valence-electron chi connectivity index (χ0n) is 13.5. The van der Waals surface area contributed by atoms with Crippen LogP contribution >= 0.6 is 11.3 Å². The van der Waals surface area contributed by atoms with E-state index in [4.69, 9.17) is 0 Å². The van der Waals surface area contributed by atoms with Gasteiger partial charge < -0.3 is 5.32 Å². The highest BCUT2D eigenvalue weighted by Gasteiger charge is 2.23. The lowest BCUT2D eigenvalue weighted by Crippen LogP contribution is -2.11. The van der Waals surface area contributed by atoms with Crippen LogP contribution in [0.3, 0.4) is 0 Å². The molecule has 126 valence electrons. The Morgan fingerprint density at radius 1 is 0.960 bits per heavy atom. The van der Waals surface area contributed by atoms with Gasteiger partial charge >= 0.3 is 0 Å². The van der Waals surface area contributed by atoms with Gasteiger partial charge in [0.2, 0.25) is 0 Å². The highest BCUT2D eigenvalue weighted by molar-refractivity contribution is 7.92. The zero-order chi connectivity index (χ0) is 17.4. The van der Waals surface area contributed by atoms with Crippen LogP contribution in [0.4, 0.5) is 5.69 Å². The number of benzene rings is 2. The second-order valence-electron chi connectivity index (χ2n) is 5.63. The van der Waals surface area contributed by atoms with E-state index >= 15 is 0 Å². The van der Waals surface area contributed by atoms with E-state index in [1.165, 1.54) is 15.3 Å². The Morgan fingerprint density at radius 3 is 2.40 bits per heavy atom. The minimum Gasteiger partial charge on any atom is -0.387 e. The molecule has 0 saturated heterocycles. The molecule has 6 heteroatoms. The van der Waals surface area contributed by atoms with Crippen molar-refractivity contribution in [1.82, 2.24) is 3.97 Å². The van der Waals surface area contributed by atoms with E-state index in [9.17, 15) is 8.42 Å². The molecule has 2 aromatic heterocycles. The fourth-order valence-electron chi connectivity index (χ4n) is 2.78. The van der Waals surface area contributed by atoms with E-state index in [2.05, 4.69) is 5.32 Å². The molecule has 0 amide bonds. The standard InChI is InChI=1S/C19H16N2O2S2/c1-20-16-12-17(14-7-3-2-4-8-14)21(13-16)25(22,23)19-11-15-9-5-6-10-18(15)24-19/h2-13,20H,1H3. The van der Waals surface area contributed by atoms with Crippen molar-refractivity contribution in [3.05, 3.63) is 72.9 Å². The SMILES string of the molecule is CNc1cc(-c2ccccc2)n(S(=O)(=O)c2cc3ccccc3s2)c1. The van der Waals surface area contributed by atoms with Crippen LogP contribution < -0.4 is 5.32 Å². The van der Waals surface area contributed by atoms with E-state index in [1.807, 2.05) is 60.7 Å². The third-order valence-corrected chi connectivity index (χ3v) is 7.30. The first-order chi connectivity index (χ1) is 12.1. The van der Waals surface area contributed by atoms with Gasteiger partial charge in [-0.3, -0.25) is 0 Å². The molecular formula is C19H16N2O2S2. The molecule has 0 saturated carbocycles. The monoisotopic (exact) mass is 368 g/mol. The fourth-order valence-corrected chi connectivity index (χ4v) is 5.65. The molecule has 0 fully saturated rings. The lowest BCUT2D eigenvalue weighted by atomic mass is 10.2. The minimum atomic E-state index is -3.67. The Hall–Kier alpha value is -2.57. The largest absolute Gasteiger partial charge is 0.387 e. The quantitative estimate of drug-likeness (QED) is 0.570. The summed E-state index contributed by atoms with van der Waals surface area (Å²) >= 11 is 1.29. The third-order valence-electron chi connectivity index (χ3n) is 4.06. The molecule has 2 heterocycles. The molecule has 0 aliphatic carbocycles. The van der Waals surface area contributed by atoms with Gasteiger partial charge in [0.15, 0.2) is 0 Å². The van der Waals surface area contributed by atoms with Gasteiger partial charge in [0.25, 0.3) is 10.0 Å². The lowest BCUT2D eigenvalue weighted by Gasteiger charge is -2.08. The van der Waals surface area contributed by atoms with E-state index in [-0.39, 0.29) is 0 Å². The maximum Gasteiger partial charge on any atom is 0.277 e. The predicted molar refractivity (Wildman–Crippen MR) is 104 cm³/mol. The lowest BCUT2D eigenvalue weighted by molar-refractivity contribution is 0.590. The second-order valence-corrected chi connectivity index (χ2v) is 8.76. The van der Waals surface area contributed by atoms with Crippen molar-refractivity contribution in [3.8, 4) is 11.3 Å². The van der Waals surface area contributed by atoms with Crippen molar-refractivity contribution in [1.29, 1.82) is 0 Å². The van der Waals surface area contributed by atoms with Gasteiger partial charge in [0.1, 0.15) is 4.21 Å². The van der Waals surface area contributed by atoms with E-state index < -0.39 is 10.0 Å². The smallest absolute Gasteiger partial charge is 0.277 e. The van der Waals surface area contributed by atoms with Crippen LogP contribution in [0.25, 0.3) is 21.3 Å². The predicted octanol–water partition coefficient (Wildman–Crippen LogP) is 4.65. The van der Waals surface area contributed by atoms with Crippen molar-refractivity contribution >= 4 is 37.1 Å². The average molecular weight is 368 g/mol. The van der Waals surface area contributed by atoms with Crippen LogP contribution in [0.5, 0.6) is 0 Å². The van der Waals surface area contributed by atoms with Crippen LogP contribution in [-0.4, -0.2) is 19.4 Å². The first-order valence-electron chi connectivity index (χ1n) is 7.79. The number of hydrogen-bond donors (Lipinski definition) is 1. The third kappa shape index (κ3) is 2.73. The fraction of sp³-hybridized carbons (Fsp3) is 0.0526. The van der Waals surface area contributed by atoms with Crippen molar-refractivity contribution in [2.45, 2.75) is 4.21 Å². The highest BCUT2D eigenvalue weighted by Crippen LogP contribution is 2.34. The molecule has 25 heavy (non-hydrogen) atoms. The zero-order valence-corrected chi connectivity index (χ0v) is 15.1. The average Bonchev–Trinajstić information content (AvgIpc) is 3.27. The van der Waals surface area contributed by atoms with Crippen molar-refractivity contribution in [3.63, 3.8) is 0 Å². The van der Waals surface area contributed by atoms with Crippen LogP contribution in [0.15, 0.2) is 77.1 Å². The maximum atomic E-state index is 13.3.